The van der Waals surface area contributed by atoms with Crippen LogP contribution in [0.3, 0.4) is 0 Å². The number of nitrogens with zero attached hydrogens (tertiary/aromatic N) is 2. The van der Waals surface area contributed by atoms with Gasteiger partial charge in [-0.2, -0.15) is 0 Å². The Bertz CT molecular complexity index is 1300. The van der Waals surface area contributed by atoms with Crippen molar-refractivity contribution >= 4 is 72.1 Å². The summed E-state index contributed by atoms with van der Waals surface area (Å²) in [7, 11) is 0. The molecular weight excluding hydrogens is 574 g/mol. The molecule has 7 nitrogen and oxygen atoms in total. The van der Waals surface area contributed by atoms with Gasteiger partial charge in [0.15, 0.2) is 5.17 Å². The van der Waals surface area contributed by atoms with Gasteiger partial charge in [0.1, 0.15) is 12.4 Å². The Labute approximate surface area is 210 Å². The molecule has 0 radical (unpaired) electrons. The molecule has 0 atom stereocenters. The zero-order valence-electron chi connectivity index (χ0n) is 16.8. The number of ether oxygens (including phenoxy) is 1. The summed E-state index contributed by atoms with van der Waals surface area (Å²) in [4.78, 5) is 27.7. The van der Waals surface area contributed by atoms with E-state index in [2.05, 4.69) is 42.2 Å². The average molecular weight is 589 g/mol. The van der Waals surface area contributed by atoms with Crippen molar-refractivity contribution in [3.8, 4) is 5.75 Å². The molecule has 1 aliphatic heterocycles. The number of thioether (sulfide) groups is 1. The largest absolute Gasteiger partial charge is 0.488 e. The summed E-state index contributed by atoms with van der Waals surface area (Å²) in [5, 5.41) is 14.0. The molecule has 0 bridgehead atoms. The van der Waals surface area contributed by atoms with Gasteiger partial charge in [-0.15, -0.1) is 0 Å². The molecule has 0 saturated carbocycles. The Morgan fingerprint density at radius 2 is 1.85 bits per heavy atom. The van der Waals surface area contributed by atoms with E-state index in [-0.39, 0.29) is 11.6 Å². The van der Waals surface area contributed by atoms with E-state index in [1.54, 1.807) is 6.08 Å². The van der Waals surface area contributed by atoms with E-state index >= 15 is 0 Å². The molecule has 1 amide bonds. The van der Waals surface area contributed by atoms with Crippen LogP contribution in [-0.2, 0) is 11.4 Å². The standard InChI is InChI=1S/C23H15Br2N3O4S/c24-17-12-16(28(30)31)7-8-19(17)26-23-27-22(29)21(33-23)11-15-6-9-20(18(25)10-15)32-13-14-4-2-1-3-5-14/h1-12H,13H2,(H,26,27,29)/b21-11+. The van der Waals surface area contributed by atoms with E-state index in [9.17, 15) is 14.9 Å². The number of nitro groups is 1. The molecule has 33 heavy (non-hydrogen) atoms. The average Bonchev–Trinajstić information content (AvgIpc) is 3.13. The predicted octanol–water partition coefficient (Wildman–Crippen LogP) is 6.59. The highest BCUT2D eigenvalue weighted by Crippen LogP contribution is 2.34. The van der Waals surface area contributed by atoms with Gasteiger partial charge in [-0.05, 0) is 79.0 Å². The molecule has 3 aromatic carbocycles. The molecule has 3 aromatic rings. The van der Waals surface area contributed by atoms with E-state index < -0.39 is 4.92 Å². The van der Waals surface area contributed by atoms with Crippen LogP contribution >= 0.6 is 43.6 Å². The summed E-state index contributed by atoms with van der Waals surface area (Å²) < 4.78 is 7.11. The minimum atomic E-state index is -0.481. The van der Waals surface area contributed by atoms with Gasteiger partial charge in [0, 0.05) is 12.1 Å². The summed E-state index contributed by atoms with van der Waals surface area (Å²) in [5.74, 6) is 0.437. The summed E-state index contributed by atoms with van der Waals surface area (Å²) in [6.07, 6.45) is 1.76. The van der Waals surface area contributed by atoms with Crippen LogP contribution in [0.4, 0.5) is 11.4 Å². The van der Waals surface area contributed by atoms with Crippen LogP contribution < -0.4 is 10.1 Å². The number of amidine groups is 1. The number of amides is 1. The molecule has 166 valence electrons. The lowest BCUT2D eigenvalue weighted by molar-refractivity contribution is -0.384. The Hall–Kier alpha value is -2.95. The van der Waals surface area contributed by atoms with Gasteiger partial charge in [0.2, 0.25) is 0 Å². The third-order valence-electron chi connectivity index (χ3n) is 4.51. The molecule has 0 aliphatic carbocycles. The van der Waals surface area contributed by atoms with Crippen molar-refractivity contribution < 1.29 is 14.5 Å². The molecule has 1 N–H and O–H groups in total. The maximum Gasteiger partial charge on any atom is 0.270 e. The Kier molecular flexibility index (Phi) is 7.26. The van der Waals surface area contributed by atoms with E-state index in [1.165, 1.54) is 30.0 Å². The first-order chi connectivity index (χ1) is 15.9. The maximum absolute atomic E-state index is 12.4. The van der Waals surface area contributed by atoms with Gasteiger partial charge >= 0.3 is 0 Å². The Balaban J connectivity index is 1.47. The Morgan fingerprint density at radius 1 is 1.06 bits per heavy atom. The van der Waals surface area contributed by atoms with Crippen LogP contribution in [0.1, 0.15) is 11.1 Å². The number of nitrogens with one attached hydrogen (secondary N) is 1. The number of nitro benzene ring substituents is 1. The van der Waals surface area contributed by atoms with E-state index in [4.69, 9.17) is 4.74 Å². The van der Waals surface area contributed by atoms with Gasteiger partial charge < -0.3 is 10.1 Å². The van der Waals surface area contributed by atoms with Crippen molar-refractivity contribution in [3.05, 3.63) is 102 Å². The fourth-order valence-electron chi connectivity index (χ4n) is 2.90. The highest BCUT2D eigenvalue weighted by molar-refractivity contribution is 9.11. The number of benzene rings is 3. The second-order valence-corrected chi connectivity index (χ2v) is 9.58. The minimum absolute atomic E-state index is 0.0451. The highest BCUT2D eigenvalue weighted by Gasteiger charge is 2.24. The molecule has 0 aromatic heterocycles. The van der Waals surface area contributed by atoms with Crippen LogP contribution in [0.15, 0.2) is 85.6 Å². The second-order valence-electron chi connectivity index (χ2n) is 6.84. The third kappa shape index (κ3) is 5.89. The molecule has 1 aliphatic rings. The summed E-state index contributed by atoms with van der Waals surface area (Å²) in [5.41, 5.74) is 2.33. The topological polar surface area (TPSA) is 93.8 Å². The predicted molar refractivity (Wildman–Crippen MR) is 137 cm³/mol. The number of aliphatic imine (C=N–C) groups is 1. The number of hydrogen-bond acceptors (Lipinski definition) is 6. The first-order valence-electron chi connectivity index (χ1n) is 9.59. The molecule has 4 rings (SSSR count). The lowest BCUT2D eigenvalue weighted by atomic mass is 10.2. The molecule has 1 heterocycles. The van der Waals surface area contributed by atoms with E-state index in [0.29, 0.717) is 32.6 Å². The van der Waals surface area contributed by atoms with Gasteiger partial charge in [-0.3, -0.25) is 14.9 Å². The molecule has 1 saturated heterocycles. The van der Waals surface area contributed by atoms with Crippen molar-refractivity contribution in [2.75, 3.05) is 0 Å². The molecule has 1 fully saturated rings. The van der Waals surface area contributed by atoms with Crippen molar-refractivity contribution in [3.63, 3.8) is 0 Å². The quantitative estimate of drug-likeness (QED) is 0.199. The highest BCUT2D eigenvalue weighted by atomic mass is 79.9. The smallest absolute Gasteiger partial charge is 0.270 e. The normalized spacial score (nSPS) is 15.6. The number of halogens is 2. The Morgan fingerprint density at radius 3 is 2.55 bits per heavy atom. The fraction of sp³-hybridized carbons (Fsp3) is 0.0435. The van der Waals surface area contributed by atoms with Gasteiger partial charge in [-0.25, -0.2) is 4.99 Å². The SMILES string of the molecule is O=C1NC(=Nc2ccc([N+](=O)[O-])cc2Br)S/C1=C/c1ccc(OCc2ccccc2)c(Br)c1. The molecule has 0 unspecified atom stereocenters. The van der Waals surface area contributed by atoms with Crippen LogP contribution in [0.2, 0.25) is 0 Å². The van der Waals surface area contributed by atoms with Crippen LogP contribution in [0, 0.1) is 10.1 Å². The number of hydrogen-bond donors (Lipinski definition) is 1. The van der Waals surface area contributed by atoms with Crippen LogP contribution in [0.5, 0.6) is 5.75 Å². The first kappa shape index (κ1) is 23.2. The number of non-ortho nitro benzene ring substituents is 1. The number of carbonyl (C=O) groups is 1. The summed E-state index contributed by atoms with van der Waals surface area (Å²) >= 11 is 8.01. The lowest BCUT2D eigenvalue weighted by Crippen LogP contribution is -2.19. The molecular formula is C23H15Br2N3O4S. The van der Waals surface area contributed by atoms with Gasteiger partial charge in [-0.1, -0.05) is 36.4 Å². The fourth-order valence-corrected chi connectivity index (χ4v) is 4.70. The van der Waals surface area contributed by atoms with Crippen molar-refractivity contribution in [1.29, 1.82) is 0 Å². The number of rotatable bonds is 6. The zero-order chi connectivity index (χ0) is 23.4. The van der Waals surface area contributed by atoms with Gasteiger partial charge in [0.05, 0.1) is 24.5 Å². The molecule has 0 spiro atoms. The van der Waals surface area contributed by atoms with Crippen molar-refractivity contribution in [1.82, 2.24) is 5.32 Å². The summed E-state index contributed by atoms with van der Waals surface area (Å²) in [6.45, 7) is 0.455. The van der Waals surface area contributed by atoms with Crippen LogP contribution in [-0.4, -0.2) is 16.0 Å². The second kappa shape index (κ2) is 10.3. The minimum Gasteiger partial charge on any atom is -0.488 e. The zero-order valence-corrected chi connectivity index (χ0v) is 20.8. The number of carbonyl (C=O) groups excluding carboxylic acids is 1. The van der Waals surface area contributed by atoms with E-state index in [1.807, 2.05) is 48.5 Å². The van der Waals surface area contributed by atoms with Gasteiger partial charge in [0.25, 0.3) is 11.6 Å². The lowest BCUT2D eigenvalue weighted by Gasteiger charge is -2.09. The van der Waals surface area contributed by atoms with E-state index in [0.717, 1.165) is 15.6 Å². The van der Waals surface area contributed by atoms with Crippen molar-refractivity contribution in [2.45, 2.75) is 6.61 Å². The van der Waals surface area contributed by atoms with Crippen LogP contribution in [0.25, 0.3) is 6.08 Å². The van der Waals surface area contributed by atoms with Crippen molar-refractivity contribution in [2.24, 2.45) is 4.99 Å². The summed E-state index contributed by atoms with van der Waals surface area (Å²) in [6, 6.07) is 19.7. The first-order valence-corrected chi connectivity index (χ1v) is 12.0. The monoisotopic (exact) mass is 587 g/mol. The molecule has 10 heteroatoms. The maximum atomic E-state index is 12.4. The third-order valence-corrected chi connectivity index (χ3v) is 6.67.